The Morgan fingerprint density at radius 1 is 1.32 bits per heavy atom. The number of rotatable bonds is 7. The number of carbonyl (C=O) groups is 2. The Bertz CT molecular complexity index is 802. The van der Waals surface area contributed by atoms with Crippen LogP contribution in [0.4, 0.5) is 0 Å². The van der Waals surface area contributed by atoms with E-state index in [-0.39, 0.29) is 12.7 Å². The molecule has 6 nitrogen and oxygen atoms in total. The fraction of sp³-hybridized carbons (Fsp3) is 0.429. The van der Waals surface area contributed by atoms with Crippen molar-refractivity contribution in [1.29, 1.82) is 0 Å². The standard InChI is InChI=1S/C21H24ClNO5/c1-14(21(25)23-10-9-15-5-3-2-4-6-15)28-19(24)8-7-16-11-17(22)20-18(12-16)26-13-27-20/h5,7-8,11-12,14H,2-4,6,9-10,13H2,1H3,(H,23,25)/b8-7+/t14-/m1/s1. The first-order chi connectivity index (χ1) is 13.5. The molecule has 0 unspecified atom stereocenters. The lowest BCUT2D eigenvalue weighted by Crippen LogP contribution is -2.36. The summed E-state index contributed by atoms with van der Waals surface area (Å²) >= 11 is 6.11. The molecule has 1 atom stereocenters. The Balaban J connectivity index is 1.44. The predicted octanol–water partition coefficient (Wildman–Crippen LogP) is 4.02. The van der Waals surface area contributed by atoms with Gasteiger partial charge in [-0.3, -0.25) is 4.79 Å². The highest BCUT2D eigenvalue weighted by molar-refractivity contribution is 6.32. The van der Waals surface area contributed by atoms with Crippen LogP contribution in [0.5, 0.6) is 11.5 Å². The summed E-state index contributed by atoms with van der Waals surface area (Å²) in [5, 5.41) is 3.22. The van der Waals surface area contributed by atoms with E-state index >= 15 is 0 Å². The van der Waals surface area contributed by atoms with Gasteiger partial charge in [-0.25, -0.2) is 4.79 Å². The molecule has 1 aliphatic heterocycles. The molecule has 2 aliphatic rings. The number of ether oxygens (including phenoxy) is 3. The molecule has 0 bridgehead atoms. The molecular formula is C21H24ClNO5. The van der Waals surface area contributed by atoms with Crippen molar-refractivity contribution in [3.63, 3.8) is 0 Å². The van der Waals surface area contributed by atoms with E-state index in [1.165, 1.54) is 24.5 Å². The second-order valence-electron chi connectivity index (χ2n) is 6.80. The molecule has 28 heavy (non-hydrogen) atoms. The second kappa shape index (κ2) is 9.64. The molecule has 0 spiro atoms. The molecule has 7 heteroatoms. The van der Waals surface area contributed by atoms with E-state index in [1.807, 2.05) is 0 Å². The molecule has 0 saturated heterocycles. The lowest BCUT2D eigenvalue weighted by Gasteiger charge is -2.15. The zero-order valence-corrected chi connectivity index (χ0v) is 16.6. The van der Waals surface area contributed by atoms with Gasteiger partial charge in [0.15, 0.2) is 17.6 Å². The number of nitrogens with one attached hydrogen (secondary N) is 1. The molecule has 0 saturated carbocycles. The topological polar surface area (TPSA) is 73.9 Å². The minimum Gasteiger partial charge on any atom is -0.454 e. The summed E-state index contributed by atoms with van der Waals surface area (Å²) < 4.78 is 15.7. The molecule has 0 fully saturated rings. The normalized spacial score (nSPS) is 16.6. The van der Waals surface area contributed by atoms with E-state index in [0.717, 1.165) is 19.3 Å². The molecule has 1 aromatic rings. The van der Waals surface area contributed by atoms with Gasteiger partial charge in [0.05, 0.1) is 5.02 Å². The third kappa shape index (κ3) is 5.52. The van der Waals surface area contributed by atoms with Crippen molar-refractivity contribution in [2.45, 2.75) is 45.1 Å². The minimum absolute atomic E-state index is 0.119. The van der Waals surface area contributed by atoms with Crippen LogP contribution in [0, 0.1) is 0 Å². The Morgan fingerprint density at radius 2 is 2.18 bits per heavy atom. The molecule has 0 radical (unpaired) electrons. The number of hydrogen-bond acceptors (Lipinski definition) is 5. The van der Waals surface area contributed by atoms with E-state index in [2.05, 4.69) is 11.4 Å². The van der Waals surface area contributed by atoms with Crippen molar-refractivity contribution in [2.75, 3.05) is 13.3 Å². The molecular weight excluding hydrogens is 382 g/mol. The molecule has 1 heterocycles. The molecule has 150 valence electrons. The molecule has 1 N–H and O–H groups in total. The van der Waals surface area contributed by atoms with Gasteiger partial charge in [0, 0.05) is 12.6 Å². The maximum atomic E-state index is 12.1. The number of esters is 1. The first-order valence-corrected chi connectivity index (χ1v) is 9.84. The quantitative estimate of drug-likeness (QED) is 0.421. The fourth-order valence-electron chi connectivity index (χ4n) is 3.14. The van der Waals surface area contributed by atoms with Gasteiger partial charge in [-0.2, -0.15) is 0 Å². The SMILES string of the molecule is C[C@@H](OC(=O)/C=C/c1cc(Cl)c2c(c1)OCO2)C(=O)NCCC1=CCCCC1. The Morgan fingerprint density at radius 3 is 2.96 bits per heavy atom. The van der Waals surface area contributed by atoms with Crippen LogP contribution in [-0.2, 0) is 14.3 Å². The zero-order chi connectivity index (χ0) is 19.9. The van der Waals surface area contributed by atoms with Gasteiger partial charge in [-0.15, -0.1) is 0 Å². The summed E-state index contributed by atoms with van der Waals surface area (Å²) in [5.74, 6) is 0.118. The Labute approximate surface area is 169 Å². The molecule has 0 aromatic heterocycles. The highest BCUT2D eigenvalue weighted by atomic mass is 35.5. The number of halogens is 1. The van der Waals surface area contributed by atoms with Crippen LogP contribution in [0.15, 0.2) is 29.9 Å². The van der Waals surface area contributed by atoms with Crippen LogP contribution in [0.2, 0.25) is 5.02 Å². The van der Waals surface area contributed by atoms with Crippen molar-refractivity contribution < 1.29 is 23.8 Å². The van der Waals surface area contributed by atoms with Gasteiger partial charge in [-0.05, 0) is 62.8 Å². The van der Waals surface area contributed by atoms with Crippen LogP contribution in [0.3, 0.4) is 0 Å². The van der Waals surface area contributed by atoms with Crippen molar-refractivity contribution in [3.05, 3.63) is 40.4 Å². The van der Waals surface area contributed by atoms with Crippen LogP contribution < -0.4 is 14.8 Å². The van der Waals surface area contributed by atoms with Crippen molar-refractivity contribution in [3.8, 4) is 11.5 Å². The van der Waals surface area contributed by atoms with Crippen LogP contribution in [0.1, 0.15) is 44.6 Å². The molecule has 1 aromatic carbocycles. The Kier molecular flexibility index (Phi) is 6.98. The largest absolute Gasteiger partial charge is 0.454 e. The monoisotopic (exact) mass is 405 g/mol. The number of fused-ring (bicyclic) bond motifs is 1. The second-order valence-corrected chi connectivity index (χ2v) is 7.21. The van der Waals surface area contributed by atoms with Crippen LogP contribution in [0.25, 0.3) is 6.08 Å². The first kappa shape index (κ1) is 20.3. The van der Waals surface area contributed by atoms with Gasteiger partial charge in [-0.1, -0.05) is 23.3 Å². The van der Waals surface area contributed by atoms with E-state index in [9.17, 15) is 9.59 Å². The van der Waals surface area contributed by atoms with Crippen LogP contribution in [-0.4, -0.2) is 31.3 Å². The number of allylic oxidation sites excluding steroid dienone is 1. The van der Waals surface area contributed by atoms with E-state index in [4.69, 9.17) is 25.8 Å². The molecule has 3 rings (SSSR count). The lowest BCUT2D eigenvalue weighted by atomic mass is 9.97. The number of amides is 1. The summed E-state index contributed by atoms with van der Waals surface area (Å²) in [6, 6.07) is 3.38. The number of benzene rings is 1. The third-order valence-electron chi connectivity index (χ3n) is 4.65. The van der Waals surface area contributed by atoms with E-state index in [0.29, 0.717) is 28.6 Å². The highest BCUT2D eigenvalue weighted by Gasteiger charge is 2.18. The summed E-state index contributed by atoms with van der Waals surface area (Å²) in [6.07, 6.45) is 9.74. The Hall–Kier alpha value is -2.47. The van der Waals surface area contributed by atoms with Crippen molar-refractivity contribution in [2.24, 2.45) is 0 Å². The van der Waals surface area contributed by atoms with E-state index < -0.39 is 12.1 Å². The smallest absolute Gasteiger partial charge is 0.331 e. The molecule has 1 amide bonds. The number of carbonyl (C=O) groups excluding carboxylic acids is 2. The van der Waals surface area contributed by atoms with E-state index in [1.54, 1.807) is 25.1 Å². The predicted molar refractivity (Wildman–Crippen MR) is 106 cm³/mol. The third-order valence-corrected chi connectivity index (χ3v) is 4.93. The van der Waals surface area contributed by atoms with Gasteiger partial charge >= 0.3 is 5.97 Å². The fourth-order valence-corrected chi connectivity index (χ4v) is 3.41. The van der Waals surface area contributed by atoms with Crippen LogP contribution >= 0.6 is 11.6 Å². The highest BCUT2D eigenvalue weighted by Crippen LogP contribution is 2.40. The van der Waals surface area contributed by atoms with Crippen molar-refractivity contribution >= 4 is 29.6 Å². The summed E-state index contributed by atoms with van der Waals surface area (Å²) in [5.41, 5.74) is 2.06. The zero-order valence-electron chi connectivity index (χ0n) is 15.8. The van der Waals surface area contributed by atoms with Gasteiger partial charge < -0.3 is 19.5 Å². The first-order valence-electron chi connectivity index (χ1n) is 9.46. The average Bonchev–Trinajstić information content (AvgIpc) is 3.16. The van der Waals surface area contributed by atoms with Gasteiger partial charge in [0.2, 0.25) is 6.79 Å². The summed E-state index contributed by atoms with van der Waals surface area (Å²) in [6.45, 7) is 2.23. The minimum atomic E-state index is -0.863. The lowest BCUT2D eigenvalue weighted by molar-refractivity contribution is -0.150. The maximum absolute atomic E-state index is 12.1. The van der Waals surface area contributed by atoms with Crippen molar-refractivity contribution in [1.82, 2.24) is 5.32 Å². The average molecular weight is 406 g/mol. The van der Waals surface area contributed by atoms with Gasteiger partial charge in [0.1, 0.15) is 0 Å². The summed E-state index contributed by atoms with van der Waals surface area (Å²) in [7, 11) is 0. The summed E-state index contributed by atoms with van der Waals surface area (Å²) in [4.78, 5) is 24.1. The molecule has 1 aliphatic carbocycles. The maximum Gasteiger partial charge on any atom is 0.331 e. The number of hydrogen-bond donors (Lipinski definition) is 1. The van der Waals surface area contributed by atoms with Gasteiger partial charge in [0.25, 0.3) is 5.91 Å².